The van der Waals surface area contributed by atoms with Crippen molar-refractivity contribution < 1.29 is 10.2 Å². The number of hydrogen-bond donors (Lipinski definition) is 2. The summed E-state index contributed by atoms with van der Waals surface area (Å²) in [5.74, 6) is 0. The normalized spacial score (nSPS) is 13.1. The van der Waals surface area contributed by atoms with Crippen LogP contribution in [0, 0.1) is 0 Å². The first-order valence-corrected chi connectivity index (χ1v) is 4.76. The number of rotatable bonds is 5. The highest BCUT2D eigenvalue weighted by atomic mass is 16.3. The van der Waals surface area contributed by atoms with Gasteiger partial charge in [0.05, 0.1) is 12.7 Å². The van der Waals surface area contributed by atoms with Gasteiger partial charge < -0.3 is 15.1 Å². The number of likely N-dealkylation sites (N-methyl/N-ethyl adjacent to an activating group) is 1. The molecule has 14 heavy (non-hydrogen) atoms. The lowest BCUT2D eigenvalue weighted by atomic mass is 10.1. The molecule has 0 bridgehead atoms. The summed E-state index contributed by atoms with van der Waals surface area (Å²) in [6.45, 7) is 1.26. The third-order valence-corrected chi connectivity index (χ3v) is 2.15. The fourth-order valence-corrected chi connectivity index (χ4v) is 1.34. The number of aliphatic hydroxyl groups is 2. The van der Waals surface area contributed by atoms with Gasteiger partial charge in [-0.3, -0.25) is 0 Å². The minimum atomic E-state index is -0.479. The van der Waals surface area contributed by atoms with Gasteiger partial charge in [-0.15, -0.1) is 0 Å². The van der Waals surface area contributed by atoms with Gasteiger partial charge in [0.25, 0.3) is 0 Å². The third-order valence-electron chi connectivity index (χ3n) is 2.15. The maximum Gasteiger partial charge on any atom is 0.0916 e. The third kappa shape index (κ3) is 3.46. The van der Waals surface area contributed by atoms with E-state index in [0.717, 1.165) is 5.56 Å². The summed E-state index contributed by atoms with van der Waals surface area (Å²) < 4.78 is 0. The summed E-state index contributed by atoms with van der Waals surface area (Å²) >= 11 is 0. The van der Waals surface area contributed by atoms with Gasteiger partial charge in [-0.25, -0.2) is 0 Å². The van der Waals surface area contributed by atoms with Crippen molar-refractivity contribution in [3.63, 3.8) is 0 Å². The summed E-state index contributed by atoms with van der Waals surface area (Å²) in [4.78, 5) is 1.90. The first-order chi connectivity index (χ1) is 6.74. The first-order valence-electron chi connectivity index (χ1n) is 4.76. The molecule has 1 rings (SSSR count). The molecule has 0 aromatic heterocycles. The van der Waals surface area contributed by atoms with E-state index in [2.05, 4.69) is 0 Å². The van der Waals surface area contributed by atoms with Crippen LogP contribution in [-0.4, -0.2) is 41.9 Å². The fraction of sp³-hybridized carbons (Fsp3) is 0.455. The second-order valence-electron chi connectivity index (χ2n) is 3.41. The van der Waals surface area contributed by atoms with E-state index >= 15 is 0 Å². The summed E-state index contributed by atoms with van der Waals surface area (Å²) in [6, 6.07) is 9.54. The van der Waals surface area contributed by atoms with Crippen molar-refractivity contribution in [2.45, 2.75) is 6.10 Å². The van der Waals surface area contributed by atoms with Crippen LogP contribution in [0.25, 0.3) is 0 Å². The summed E-state index contributed by atoms with van der Waals surface area (Å²) in [6.07, 6.45) is -0.479. The van der Waals surface area contributed by atoms with Crippen LogP contribution in [0.2, 0.25) is 0 Å². The van der Waals surface area contributed by atoms with E-state index in [9.17, 15) is 5.11 Å². The molecule has 1 aromatic rings. The zero-order valence-electron chi connectivity index (χ0n) is 8.43. The predicted octanol–water partition coefficient (Wildman–Crippen LogP) is 0.644. The summed E-state index contributed by atoms with van der Waals surface area (Å²) in [5, 5.41) is 18.5. The molecule has 0 aliphatic heterocycles. The van der Waals surface area contributed by atoms with Crippen LogP contribution in [0.5, 0.6) is 0 Å². The van der Waals surface area contributed by atoms with Gasteiger partial charge in [0.2, 0.25) is 0 Å². The second-order valence-corrected chi connectivity index (χ2v) is 3.41. The van der Waals surface area contributed by atoms with E-state index < -0.39 is 6.10 Å². The lowest BCUT2D eigenvalue weighted by molar-refractivity contribution is 0.115. The fourth-order valence-electron chi connectivity index (χ4n) is 1.34. The molecule has 0 saturated carbocycles. The summed E-state index contributed by atoms with van der Waals surface area (Å²) in [7, 11) is 1.88. The molecule has 1 aromatic carbocycles. The number of hydrogen-bond acceptors (Lipinski definition) is 3. The van der Waals surface area contributed by atoms with Gasteiger partial charge in [0, 0.05) is 13.1 Å². The Morgan fingerprint density at radius 3 is 2.50 bits per heavy atom. The molecule has 0 heterocycles. The Kier molecular flexibility index (Phi) is 4.59. The van der Waals surface area contributed by atoms with Gasteiger partial charge in [0.1, 0.15) is 0 Å². The van der Waals surface area contributed by atoms with Crippen molar-refractivity contribution in [1.29, 1.82) is 0 Å². The average Bonchev–Trinajstić information content (AvgIpc) is 2.19. The van der Waals surface area contributed by atoms with Crippen LogP contribution in [0.1, 0.15) is 11.7 Å². The van der Waals surface area contributed by atoms with Gasteiger partial charge >= 0.3 is 0 Å². The van der Waals surface area contributed by atoms with E-state index in [1.165, 1.54) is 0 Å². The molecule has 0 amide bonds. The van der Waals surface area contributed by atoms with Crippen LogP contribution in [0.3, 0.4) is 0 Å². The van der Waals surface area contributed by atoms with Crippen molar-refractivity contribution in [3.05, 3.63) is 35.9 Å². The van der Waals surface area contributed by atoms with Crippen LogP contribution in [-0.2, 0) is 0 Å². The highest BCUT2D eigenvalue weighted by Gasteiger charge is 2.09. The molecular formula is C11H17NO2. The van der Waals surface area contributed by atoms with Crippen molar-refractivity contribution >= 4 is 0 Å². The highest BCUT2D eigenvalue weighted by molar-refractivity contribution is 5.17. The van der Waals surface area contributed by atoms with Crippen molar-refractivity contribution in [1.82, 2.24) is 4.90 Å². The standard InChI is InChI=1S/C11H17NO2/c1-12(7-8-13)9-11(14)10-5-3-2-4-6-10/h2-6,11,13-14H,7-9H2,1H3/t11-/m0/s1. The summed E-state index contributed by atoms with van der Waals surface area (Å²) in [5.41, 5.74) is 0.914. The maximum atomic E-state index is 9.79. The Hall–Kier alpha value is -0.900. The molecule has 0 fully saturated rings. The number of aliphatic hydroxyl groups excluding tert-OH is 2. The Morgan fingerprint density at radius 1 is 1.29 bits per heavy atom. The SMILES string of the molecule is CN(CCO)C[C@H](O)c1ccccc1. The molecule has 0 radical (unpaired) electrons. The minimum absolute atomic E-state index is 0.123. The van der Waals surface area contributed by atoms with E-state index in [-0.39, 0.29) is 6.61 Å². The minimum Gasteiger partial charge on any atom is -0.395 e. The molecule has 0 aliphatic carbocycles. The molecule has 0 spiro atoms. The Balaban J connectivity index is 2.46. The lowest BCUT2D eigenvalue weighted by Crippen LogP contribution is -2.27. The predicted molar refractivity (Wildman–Crippen MR) is 56.0 cm³/mol. The molecule has 78 valence electrons. The second kappa shape index (κ2) is 5.75. The Labute approximate surface area is 84.6 Å². The van der Waals surface area contributed by atoms with Crippen LogP contribution in [0.15, 0.2) is 30.3 Å². The first kappa shape index (κ1) is 11.2. The molecular weight excluding hydrogens is 178 g/mol. The van der Waals surface area contributed by atoms with E-state index in [1.807, 2.05) is 42.3 Å². The quantitative estimate of drug-likeness (QED) is 0.725. The van der Waals surface area contributed by atoms with E-state index in [1.54, 1.807) is 0 Å². The molecule has 3 heteroatoms. The Morgan fingerprint density at radius 2 is 1.93 bits per heavy atom. The van der Waals surface area contributed by atoms with Gasteiger partial charge in [-0.2, -0.15) is 0 Å². The van der Waals surface area contributed by atoms with Crippen LogP contribution < -0.4 is 0 Å². The highest BCUT2D eigenvalue weighted by Crippen LogP contribution is 2.12. The molecule has 0 saturated heterocycles. The average molecular weight is 195 g/mol. The zero-order chi connectivity index (χ0) is 10.4. The molecule has 2 N–H and O–H groups in total. The van der Waals surface area contributed by atoms with E-state index in [4.69, 9.17) is 5.11 Å². The van der Waals surface area contributed by atoms with Crippen LogP contribution >= 0.6 is 0 Å². The number of nitrogens with zero attached hydrogens (tertiary/aromatic N) is 1. The van der Waals surface area contributed by atoms with Crippen molar-refractivity contribution in [2.24, 2.45) is 0 Å². The smallest absolute Gasteiger partial charge is 0.0916 e. The van der Waals surface area contributed by atoms with Gasteiger partial charge in [0.15, 0.2) is 0 Å². The van der Waals surface area contributed by atoms with Crippen molar-refractivity contribution in [2.75, 3.05) is 26.7 Å². The van der Waals surface area contributed by atoms with E-state index in [0.29, 0.717) is 13.1 Å². The molecule has 3 nitrogen and oxygen atoms in total. The van der Waals surface area contributed by atoms with Crippen molar-refractivity contribution in [3.8, 4) is 0 Å². The largest absolute Gasteiger partial charge is 0.395 e. The Bertz CT molecular complexity index is 251. The lowest BCUT2D eigenvalue weighted by Gasteiger charge is -2.19. The van der Waals surface area contributed by atoms with Gasteiger partial charge in [-0.05, 0) is 12.6 Å². The zero-order valence-corrected chi connectivity index (χ0v) is 8.43. The monoisotopic (exact) mass is 195 g/mol. The molecule has 0 unspecified atom stereocenters. The molecule has 0 aliphatic rings. The molecule has 1 atom stereocenters. The number of benzene rings is 1. The van der Waals surface area contributed by atoms with Crippen LogP contribution in [0.4, 0.5) is 0 Å². The topological polar surface area (TPSA) is 43.7 Å². The maximum absolute atomic E-state index is 9.79. The van der Waals surface area contributed by atoms with Gasteiger partial charge in [-0.1, -0.05) is 30.3 Å².